The molecular formula is C18H29. The van der Waals surface area contributed by atoms with Gasteiger partial charge in [0.2, 0.25) is 0 Å². The first-order chi connectivity index (χ1) is 8.52. The van der Waals surface area contributed by atoms with Crippen molar-refractivity contribution in [2.45, 2.75) is 59.8 Å². The van der Waals surface area contributed by atoms with Crippen LogP contribution in [0.25, 0.3) is 0 Å². The SMILES string of the molecule is [CH2]Cc1ccc(CCC(C)C)cc1CCC(C)C. The van der Waals surface area contributed by atoms with Crippen molar-refractivity contribution in [2.24, 2.45) is 11.8 Å². The summed E-state index contributed by atoms with van der Waals surface area (Å²) in [7, 11) is 0. The number of hydrogen-bond donors (Lipinski definition) is 0. The summed E-state index contributed by atoms with van der Waals surface area (Å²) in [6, 6.07) is 7.01. The lowest BCUT2D eigenvalue weighted by molar-refractivity contribution is 0.580. The fourth-order valence-electron chi connectivity index (χ4n) is 2.21. The van der Waals surface area contributed by atoms with Gasteiger partial charge in [0.25, 0.3) is 0 Å². The molecule has 0 saturated carbocycles. The Morgan fingerprint density at radius 3 is 2.06 bits per heavy atom. The van der Waals surface area contributed by atoms with Gasteiger partial charge in [-0.15, -0.1) is 0 Å². The zero-order valence-corrected chi connectivity index (χ0v) is 12.6. The summed E-state index contributed by atoms with van der Waals surface area (Å²) in [6.45, 7) is 13.2. The van der Waals surface area contributed by atoms with E-state index in [0.29, 0.717) is 0 Å². The molecule has 0 heterocycles. The van der Waals surface area contributed by atoms with Gasteiger partial charge in [0.1, 0.15) is 0 Å². The summed E-state index contributed by atoms with van der Waals surface area (Å²) in [5.41, 5.74) is 4.46. The molecule has 0 aliphatic carbocycles. The minimum atomic E-state index is 0.780. The van der Waals surface area contributed by atoms with Gasteiger partial charge in [-0.2, -0.15) is 0 Å². The molecule has 0 nitrogen and oxygen atoms in total. The minimum Gasteiger partial charge on any atom is -0.0628 e. The van der Waals surface area contributed by atoms with Crippen molar-refractivity contribution in [2.75, 3.05) is 0 Å². The quantitative estimate of drug-likeness (QED) is 0.616. The third-order valence-electron chi connectivity index (χ3n) is 3.54. The molecule has 0 atom stereocenters. The molecular weight excluding hydrogens is 216 g/mol. The molecule has 1 radical (unpaired) electrons. The van der Waals surface area contributed by atoms with Crippen LogP contribution in [-0.4, -0.2) is 0 Å². The lowest BCUT2D eigenvalue weighted by Crippen LogP contribution is -2.00. The Bertz CT molecular complexity index is 347. The van der Waals surface area contributed by atoms with Crippen LogP contribution >= 0.6 is 0 Å². The van der Waals surface area contributed by atoms with Crippen LogP contribution in [-0.2, 0) is 19.3 Å². The first-order valence-corrected chi connectivity index (χ1v) is 7.42. The van der Waals surface area contributed by atoms with Crippen LogP contribution in [0.4, 0.5) is 0 Å². The van der Waals surface area contributed by atoms with Gasteiger partial charge in [-0.3, -0.25) is 0 Å². The molecule has 0 aliphatic rings. The predicted molar refractivity (Wildman–Crippen MR) is 81.8 cm³/mol. The van der Waals surface area contributed by atoms with Crippen molar-refractivity contribution in [3.05, 3.63) is 41.8 Å². The maximum absolute atomic E-state index is 4.05. The molecule has 101 valence electrons. The van der Waals surface area contributed by atoms with Gasteiger partial charge in [-0.1, -0.05) is 45.9 Å². The Labute approximate surface area is 114 Å². The standard InChI is InChI=1S/C18H29/c1-6-17-12-10-16(9-7-14(2)3)13-18(17)11-8-15(4)5/h10,12-15H,1,6-9,11H2,2-5H3. The third-order valence-corrected chi connectivity index (χ3v) is 3.54. The van der Waals surface area contributed by atoms with E-state index in [1.54, 1.807) is 0 Å². The lowest BCUT2D eigenvalue weighted by Gasteiger charge is -2.12. The summed E-state index contributed by atoms with van der Waals surface area (Å²) in [5, 5.41) is 0. The highest BCUT2D eigenvalue weighted by Gasteiger charge is 2.05. The molecule has 0 bridgehead atoms. The van der Waals surface area contributed by atoms with Crippen LogP contribution in [0.15, 0.2) is 18.2 Å². The van der Waals surface area contributed by atoms with Gasteiger partial charge in [-0.05, 0) is 67.6 Å². The monoisotopic (exact) mass is 245 g/mol. The fraction of sp³-hybridized carbons (Fsp3) is 0.611. The molecule has 1 aromatic carbocycles. The Hall–Kier alpha value is -0.780. The van der Waals surface area contributed by atoms with Gasteiger partial charge in [-0.25, -0.2) is 0 Å². The molecule has 0 aliphatic heterocycles. The van der Waals surface area contributed by atoms with Crippen molar-refractivity contribution in [3.8, 4) is 0 Å². The van der Waals surface area contributed by atoms with E-state index in [1.165, 1.54) is 42.4 Å². The van der Waals surface area contributed by atoms with Crippen molar-refractivity contribution < 1.29 is 0 Å². The second-order valence-electron chi connectivity index (χ2n) is 6.22. The number of aryl methyl sites for hydroxylation is 2. The topological polar surface area (TPSA) is 0 Å². The summed E-state index contributed by atoms with van der Waals surface area (Å²) < 4.78 is 0. The van der Waals surface area contributed by atoms with E-state index in [2.05, 4.69) is 52.8 Å². The van der Waals surface area contributed by atoms with Crippen LogP contribution in [0.5, 0.6) is 0 Å². The average molecular weight is 245 g/mol. The maximum Gasteiger partial charge on any atom is -0.0274 e. The predicted octanol–water partition coefficient (Wildman–Crippen LogP) is 5.24. The number of hydrogen-bond acceptors (Lipinski definition) is 0. The smallest absolute Gasteiger partial charge is 0.0274 e. The molecule has 0 aromatic heterocycles. The fourth-order valence-corrected chi connectivity index (χ4v) is 2.21. The second kappa shape index (κ2) is 7.61. The van der Waals surface area contributed by atoms with Crippen molar-refractivity contribution >= 4 is 0 Å². The second-order valence-corrected chi connectivity index (χ2v) is 6.22. The van der Waals surface area contributed by atoms with E-state index in [0.717, 1.165) is 18.3 Å². The van der Waals surface area contributed by atoms with Crippen LogP contribution in [0.2, 0.25) is 0 Å². The maximum atomic E-state index is 4.05. The van der Waals surface area contributed by atoms with Crippen LogP contribution in [0.3, 0.4) is 0 Å². The van der Waals surface area contributed by atoms with Crippen LogP contribution in [0, 0.1) is 18.8 Å². The van der Waals surface area contributed by atoms with Crippen molar-refractivity contribution in [3.63, 3.8) is 0 Å². The Kier molecular flexibility index (Phi) is 6.46. The lowest BCUT2D eigenvalue weighted by atomic mass is 9.93. The number of benzene rings is 1. The van der Waals surface area contributed by atoms with Gasteiger partial charge >= 0.3 is 0 Å². The average Bonchev–Trinajstić information content (AvgIpc) is 2.33. The summed E-state index contributed by atoms with van der Waals surface area (Å²) in [4.78, 5) is 0. The molecule has 0 unspecified atom stereocenters. The zero-order chi connectivity index (χ0) is 13.5. The normalized spacial score (nSPS) is 11.5. The van der Waals surface area contributed by atoms with Crippen molar-refractivity contribution in [1.82, 2.24) is 0 Å². The first kappa shape index (κ1) is 15.3. The Balaban J connectivity index is 2.74. The molecule has 18 heavy (non-hydrogen) atoms. The highest BCUT2D eigenvalue weighted by Crippen LogP contribution is 2.19. The van der Waals surface area contributed by atoms with Crippen LogP contribution in [0.1, 0.15) is 57.2 Å². The van der Waals surface area contributed by atoms with Gasteiger partial charge in [0, 0.05) is 0 Å². The Morgan fingerprint density at radius 1 is 0.889 bits per heavy atom. The van der Waals surface area contributed by atoms with Gasteiger partial charge < -0.3 is 0 Å². The van der Waals surface area contributed by atoms with E-state index >= 15 is 0 Å². The zero-order valence-electron chi connectivity index (χ0n) is 12.6. The van der Waals surface area contributed by atoms with E-state index < -0.39 is 0 Å². The summed E-state index contributed by atoms with van der Waals surface area (Å²) in [6.07, 6.45) is 5.90. The highest BCUT2D eigenvalue weighted by atomic mass is 14.1. The molecule has 0 fully saturated rings. The summed E-state index contributed by atoms with van der Waals surface area (Å²) in [5.74, 6) is 1.57. The molecule has 0 amide bonds. The molecule has 0 heteroatoms. The number of rotatable bonds is 7. The van der Waals surface area contributed by atoms with E-state index in [1.807, 2.05) is 0 Å². The van der Waals surface area contributed by atoms with Crippen LogP contribution < -0.4 is 0 Å². The molecule has 0 saturated heterocycles. The first-order valence-electron chi connectivity index (χ1n) is 7.42. The minimum absolute atomic E-state index is 0.780. The molecule has 1 aromatic rings. The highest BCUT2D eigenvalue weighted by molar-refractivity contribution is 5.33. The van der Waals surface area contributed by atoms with Crippen molar-refractivity contribution in [1.29, 1.82) is 0 Å². The van der Waals surface area contributed by atoms with Gasteiger partial charge in [0.15, 0.2) is 0 Å². The van der Waals surface area contributed by atoms with E-state index in [4.69, 9.17) is 0 Å². The largest absolute Gasteiger partial charge is 0.0628 e. The molecule has 0 spiro atoms. The molecule has 0 N–H and O–H groups in total. The van der Waals surface area contributed by atoms with Gasteiger partial charge in [0.05, 0.1) is 0 Å². The van der Waals surface area contributed by atoms with E-state index in [-0.39, 0.29) is 0 Å². The van der Waals surface area contributed by atoms with E-state index in [9.17, 15) is 0 Å². The molecule has 1 rings (SSSR count). The summed E-state index contributed by atoms with van der Waals surface area (Å²) >= 11 is 0. The third kappa shape index (κ3) is 5.25. The Morgan fingerprint density at radius 2 is 1.50 bits per heavy atom.